The normalized spacial score (nSPS) is 15.2. The van der Waals surface area contributed by atoms with Crippen molar-refractivity contribution >= 4 is 11.7 Å². The topological polar surface area (TPSA) is 98.0 Å². The highest BCUT2D eigenvalue weighted by molar-refractivity contribution is 6.01. The van der Waals surface area contributed by atoms with Gasteiger partial charge in [0.1, 0.15) is 34.6 Å². The molecular weight excluding hydrogens is 394 g/mol. The number of rotatable bonds is 6. The number of hydrogen-bond acceptors (Lipinski definition) is 8. The molecule has 0 bridgehead atoms. The van der Waals surface area contributed by atoms with Gasteiger partial charge in [-0.05, 0) is 30.3 Å². The van der Waals surface area contributed by atoms with Crippen LogP contribution in [-0.2, 0) is 0 Å². The summed E-state index contributed by atoms with van der Waals surface area (Å²) in [6, 6.07) is 11.9. The molecule has 31 heavy (non-hydrogen) atoms. The van der Waals surface area contributed by atoms with E-state index in [-0.39, 0.29) is 0 Å². The quantitative estimate of drug-likeness (QED) is 0.633. The predicted octanol–water partition coefficient (Wildman–Crippen LogP) is 1.65. The van der Waals surface area contributed by atoms with Gasteiger partial charge in [-0.25, -0.2) is 4.68 Å². The first-order valence-corrected chi connectivity index (χ1v) is 10.1. The highest BCUT2D eigenvalue weighted by atomic mass is 16.5. The van der Waals surface area contributed by atoms with Gasteiger partial charge in [0.05, 0.1) is 33.5 Å². The first kappa shape index (κ1) is 19.1. The summed E-state index contributed by atoms with van der Waals surface area (Å²) < 4.78 is 12.9. The molecule has 0 unspecified atom stereocenters. The minimum atomic E-state index is 0.700. The van der Waals surface area contributed by atoms with E-state index in [1.54, 1.807) is 18.9 Å². The Morgan fingerprint density at radius 1 is 0.839 bits per heavy atom. The summed E-state index contributed by atoms with van der Waals surface area (Å²) in [4.78, 5) is 8.98. The van der Waals surface area contributed by atoms with Crippen LogP contribution in [0.2, 0.25) is 0 Å². The van der Waals surface area contributed by atoms with Gasteiger partial charge in [0.15, 0.2) is 0 Å². The minimum Gasteiger partial charge on any atom is -0.496 e. The molecule has 0 aliphatic carbocycles. The van der Waals surface area contributed by atoms with Crippen LogP contribution in [0.3, 0.4) is 0 Å². The van der Waals surface area contributed by atoms with Crippen molar-refractivity contribution in [2.75, 3.05) is 40.4 Å². The second kappa shape index (κ2) is 8.10. The molecule has 0 saturated carbocycles. The summed E-state index contributed by atoms with van der Waals surface area (Å²) in [5.41, 5.74) is 4.32. The van der Waals surface area contributed by atoms with E-state index in [2.05, 4.69) is 30.9 Å². The van der Waals surface area contributed by atoms with Gasteiger partial charge in [0.25, 0.3) is 0 Å². The largest absolute Gasteiger partial charge is 0.496 e. The zero-order chi connectivity index (χ0) is 21.2. The van der Waals surface area contributed by atoms with Gasteiger partial charge in [0.2, 0.25) is 0 Å². The van der Waals surface area contributed by atoms with Crippen LogP contribution < -0.4 is 20.1 Å². The van der Waals surface area contributed by atoms with Crippen molar-refractivity contribution in [3.8, 4) is 28.4 Å². The summed E-state index contributed by atoms with van der Waals surface area (Å²) in [7, 11) is 3.29. The zero-order valence-corrected chi connectivity index (χ0v) is 17.4. The number of nitrogens with zero attached hydrogens (tertiary/aromatic N) is 5. The maximum absolute atomic E-state index is 5.64. The fraction of sp³-hybridized carbons (Fsp3) is 0.273. The van der Waals surface area contributed by atoms with Crippen LogP contribution in [-0.4, -0.2) is 67.1 Å². The number of amidine groups is 2. The van der Waals surface area contributed by atoms with Crippen molar-refractivity contribution in [3.05, 3.63) is 53.7 Å². The lowest BCUT2D eigenvalue weighted by atomic mass is 10.1. The standard InChI is InChI=1S/C22H23N7O2/c1-30-19-6-4-14(21-23-7-8-24-21)11-18(19)29-13-17(27-28-29)16-5-3-15(12-20(16)31-2)22-25-9-10-26-22/h3-6,11-13H,7-10H2,1-2H3,(H,23,24)(H,25,26). The van der Waals surface area contributed by atoms with Crippen molar-refractivity contribution in [1.29, 1.82) is 0 Å². The van der Waals surface area contributed by atoms with Crippen molar-refractivity contribution in [2.45, 2.75) is 0 Å². The van der Waals surface area contributed by atoms with Gasteiger partial charge in [-0.2, -0.15) is 0 Å². The molecule has 9 nitrogen and oxygen atoms in total. The van der Waals surface area contributed by atoms with Gasteiger partial charge < -0.3 is 20.1 Å². The van der Waals surface area contributed by atoms with Gasteiger partial charge in [-0.15, -0.1) is 5.10 Å². The first-order valence-electron chi connectivity index (χ1n) is 10.1. The van der Waals surface area contributed by atoms with E-state index in [0.29, 0.717) is 17.2 Å². The third-order valence-corrected chi connectivity index (χ3v) is 5.29. The molecule has 0 saturated heterocycles. The molecule has 0 amide bonds. The Balaban J connectivity index is 1.51. The summed E-state index contributed by atoms with van der Waals surface area (Å²) in [5, 5.41) is 15.3. The lowest BCUT2D eigenvalue weighted by molar-refractivity contribution is 0.411. The lowest BCUT2D eigenvalue weighted by Gasteiger charge is -2.11. The van der Waals surface area contributed by atoms with Crippen LogP contribution in [0.5, 0.6) is 11.5 Å². The highest BCUT2D eigenvalue weighted by Crippen LogP contribution is 2.31. The SMILES string of the molecule is COc1cc(C2=NCCN2)ccc1-c1cn(-c2cc(C3=NCCN3)ccc2OC)nn1. The predicted molar refractivity (Wildman–Crippen MR) is 119 cm³/mol. The fourth-order valence-electron chi connectivity index (χ4n) is 3.75. The Hall–Kier alpha value is -3.88. The Kier molecular flexibility index (Phi) is 4.99. The molecule has 3 aromatic rings. The Labute approximate surface area is 179 Å². The number of benzene rings is 2. The Morgan fingerprint density at radius 3 is 2.16 bits per heavy atom. The summed E-state index contributed by atoms with van der Waals surface area (Å²) in [5.74, 6) is 3.18. The molecule has 0 radical (unpaired) electrons. The number of hydrogen-bond donors (Lipinski definition) is 2. The molecule has 2 aliphatic rings. The van der Waals surface area contributed by atoms with Gasteiger partial charge in [0, 0.05) is 29.8 Å². The summed E-state index contributed by atoms with van der Waals surface area (Å²) in [6.45, 7) is 3.27. The molecule has 2 aromatic carbocycles. The molecule has 5 rings (SSSR count). The first-order chi connectivity index (χ1) is 15.3. The number of methoxy groups -OCH3 is 2. The lowest BCUT2D eigenvalue weighted by Crippen LogP contribution is -2.19. The molecule has 0 fully saturated rings. The van der Waals surface area contributed by atoms with Gasteiger partial charge >= 0.3 is 0 Å². The summed E-state index contributed by atoms with van der Waals surface area (Å²) in [6.07, 6.45) is 1.87. The molecule has 1 aromatic heterocycles. The number of aromatic nitrogens is 3. The van der Waals surface area contributed by atoms with E-state index >= 15 is 0 Å². The van der Waals surface area contributed by atoms with Crippen molar-refractivity contribution < 1.29 is 9.47 Å². The van der Waals surface area contributed by atoms with Crippen molar-refractivity contribution in [1.82, 2.24) is 25.6 Å². The number of aliphatic imine (C=N–C) groups is 2. The van der Waals surface area contributed by atoms with E-state index in [0.717, 1.165) is 60.2 Å². The molecule has 9 heteroatoms. The third kappa shape index (κ3) is 3.58. The molecular formula is C22H23N7O2. The van der Waals surface area contributed by atoms with Crippen LogP contribution >= 0.6 is 0 Å². The fourth-order valence-corrected chi connectivity index (χ4v) is 3.75. The van der Waals surface area contributed by atoms with E-state index in [9.17, 15) is 0 Å². The van der Waals surface area contributed by atoms with Crippen LogP contribution in [0, 0.1) is 0 Å². The molecule has 2 N–H and O–H groups in total. The van der Waals surface area contributed by atoms with E-state index in [1.807, 2.05) is 42.6 Å². The Morgan fingerprint density at radius 2 is 1.52 bits per heavy atom. The van der Waals surface area contributed by atoms with Crippen LogP contribution in [0.4, 0.5) is 0 Å². The van der Waals surface area contributed by atoms with E-state index < -0.39 is 0 Å². The molecule has 158 valence electrons. The second-order valence-electron chi connectivity index (χ2n) is 7.16. The van der Waals surface area contributed by atoms with E-state index in [1.165, 1.54) is 0 Å². The maximum Gasteiger partial charge on any atom is 0.144 e. The van der Waals surface area contributed by atoms with Crippen molar-refractivity contribution in [2.24, 2.45) is 9.98 Å². The summed E-state index contributed by atoms with van der Waals surface area (Å²) >= 11 is 0. The third-order valence-electron chi connectivity index (χ3n) is 5.29. The monoisotopic (exact) mass is 417 g/mol. The average molecular weight is 417 g/mol. The van der Waals surface area contributed by atoms with Gasteiger partial charge in [-0.3, -0.25) is 9.98 Å². The average Bonchev–Trinajstić information content (AvgIpc) is 3.60. The van der Waals surface area contributed by atoms with Crippen LogP contribution in [0.1, 0.15) is 11.1 Å². The molecule has 0 atom stereocenters. The maximum atomic E-state index is 5.64. The Bertz CT molecular complexity index is 1180. The molecule has 3 heterocycles. The highest BCUT2D eigenvalue weighted by Gasteiger charge is 2.17. The van der Waals surface area contributed by atoms with Crippen LogP contribution in [0.25, 0.3) is 16.9 Å². The van der Waals surface area contributed by atoms with Crippen molar-refractivity contribution in [3.63, 3.8) is 0 Å². The number of nitrogens with one attached hydrogen (secondary N) is 2. The minimum absolute atomic E-state index is 0.700. The van der Waals surface area contributed by atoms with Crippen LogP contribution in [0.15, 0.2) is 52.6 Å². The molecule has 2 aliphatic heterocycles. The zero-order valence-electron chi connectivity index (χ0n) is 17.4. The molecule has 0 spiro atoms. The van der Waals surface area contributed by atoms with E-state index in [4.69, 9.17) is 9.47 Å². The second-order valence-corrected chi connectivity index (χ2v) is 7.16. The number of ether oxygens (including phenoxy) is 2. The smallest absolute Gasteiger partial charge is 0.144 e. The van der Waals surface area contributed by atoms with Gasteiger partial charge in [-0.1, -0.05) is 11.3 Å².